The number of nitrogens with zero attached hydrogens (tertiary/aromatic N) is 2. The lowest BCUT2D eigenvalue weighted by atomic mass is 10.0. The SMILES string of the molecule is Cc1nc(CN(C)CCC(N)c2cccc(Cl)c2)cs1. The monoisotopic (exact) mass is 309 g/mol. The number of aromatic nitrogens is 1. The van der Waals surface area contributed by atoms with Crippen LogP contribution in [0.2, 0.25) is 5.02 Å². The van der Waals surface area contributed by atoms with Crippen LogP contribution in [-0.4, -0.2) is 23.5 Å². The molecule has 0 saturated heterocycles. The molecule has 2 aromatic rings. The van der Waals surface area contributed by atoms with E-state index in [9.17, 15) is 0 Å². The highest BCUT2D eigenvalue weighted by molar-refractivity contribution is 7.09. The number of benzene rings is 1. The fourth-order valence-electron chi connectivity index (χ4n) is 2.10. The minimum absolute atomic E-state index is 0.0216. The first-order valence-electron chi connectivity index (χ1n) is 6.65. The van der Waals surface area contributed by atoms with Gasteiger partial charge in [-0.25, -0.2) is 4.98 Å². The largest absolute Gasteiger partial charge is 0.324 e. The number of hydrogen-bond donors (Lipinski definition) is 1. The lowest BCUT2D eigenvalue weighted by molar-refractivity contribution is 0.308. The van der Waals surface area contributed by atoms with E-state index in [4.69, 9.17) is 17.3 Å². The molecule has 108 valence electrons. The molecule has 0 radical (unpaired) electrons. The minimum Gasteiger partial charge on any atom is -0.324 e. The molecule has 1 unspecified atom stereocenters. The fourth-order valence-corrected chi connectivity index (χ4v) is 2.90. The molecule has 0 bridgehead atoms. The van der Waals surface area contributed by atoms with Crippen LogP contribution in [0.15, 0.2) is 29.6 Å². The van der Waals surface area contributed by atoms with E-state index in [1.807, 2.05) is 31.2 Å². The standard InChI is InChI=1S/C15H20ClN3S/c1-11-18-14(10-20-11)9-19(2)7-6-15(17)12-4-3-5-13(16)8-12/h3-5,8,10,15H,6-7,9,17H2,1-2H3. The summed E-state index contributed by atoms with van der Waals surface area (Å²) in [4.78, 5) is 6.72. The van der Waals surface area contributed by atoms with E-state index >= 15 is 0 Å². The Labute approximate surface area is 129 Å². The zero-order valence-electron chi connectivity index (χ0n) is 11.8. The predicted molar refractivity (Wildman–Crippen MR) is 86.2 cm³/mol. The summed E-state index contributed by atoms with van der Waals surface area (Å²) in [7, 11) is 2.10. The maximum atomic E-state index is 6.21. The highest BCUT2D eigenvalue weighted by Gasteiger charge is 2.09. The van der Waals surface area contributed by atoms with Gasteiger partial charge in [-0.2, -0.15) is 0 Å². The first kappa shape index (κ1) is 15.4. The molecule has 0 spiro atoms. The summed E-state index contributed by atoms with van der Waals surface area (Å²) < 4.78 is 0. The Hall–Kier alpha value is -0.940. The average Bonchev–Trinajstić information content (AvgIpc) is 2.81. The summed E-state index contributed by atoms with van der Waals surface area (Å²) in [5, 5.41) is 3.97. The molecule has 0 aliphatic rings. The summed E-state index contributed by atoms with van der Waals surface area (Å²) in [6.45, 7) is 3.83. The topological polar surface area (TPSA) is 42.2 Å². The first-order chi connectivity index (χ1) is 9.54. The molecule has 0 amide bonds. The third kappa shape index (κ3) is 4.56. The van der Waals surface area contributed by atoms with Crippen LogP contribution < -0.4 is 5.73 Å². The Kier molecular flexibility index (Phi) is 5.54. The average molecular weight is 310 g/mol. The van der Waals surface area contributed by atoms with Crippen LogP contribution in [0.25, 0.3) is 0 Å². The van der Waals surface area contributed by atoms with E-state index in [2.05, 4.69) is 22.3 Å². The number of thiazole rings is 1. The maximum Gasteiger partial charge on any atom is 0.0897 e. The van der Waals surface area contributed by atoms with Crippen molar-refractivity contribution in [2.45, 2.75) is 25.9 Å². The van der Waals surface area contributed by atoms with Gasteiger partial charge in [-0.3, -0.25) is 0 Å². The molecule has 1 aromatic carbocycles. The smallest absolute Gasteiger partial charge is 0.0897 e. The Morgan fingerprint density at radius 3 is 2.90 bits per heavy atom. The lowest BCUT2D eigenvalue weighted by Crippen LogP contribution is -2.23. The number of hydrogen-bond acceptors (Lipinski definition) is 4. The molecule has 1 atom stereocenters. The minimum atomic E-state index is 0.0216. The third-order valence-electron chi connectivity index (χ3n) is 3.20. The van der Waals surface area contributed by atoms with Gasteiger partial charge in [0.2, 0.25) is 0 Å². The zero-order chi connectivity index (χ0) is 14.5. The molecule has 0 aliphatic carbocycles. The maximum absolute atomic E-state index is 6.21. The summed E-state index contributed by atoms with van der Waals surface area (Å²) >= 11 is 7.68. The molecule has 1 aromatic heterocycles. The van der Waals surface area contributed by atoms with Crippen molar-refractivity contribution < 1.29 is 0 Å². The van der Waals surface area contributed by atoms with Gasteiger partial charge in [0.1, 0.15) is 0 Å². The fraction of sp³-hybridized carbons (Fsp3) is 0.400. The molecule has 0 fully saturated rings. The number of aryl methyl sites for hydroxylation is 1. The van der Waals surface area contributed by atoms with Gasteiger partial charge in [0.25, 0.3) is 0 Å². The second-order valence-electron chi connectivity index (χ2n) is 5.05. The van der Waals surface area contributed by atoms with E-state index in [-0.39, 0.29) is 6.04 Å². The van der Waals surface area contributed by atoms with E-state index < -0.39 is 0 Å². The second kappa shape index (κ2) is 7.18. The highest BCUT2D eigenvalue weighted by atomic mass is 35.5. The van der Waals surface area contributed by atoms with Crippen molar-refractivity contribution in [2.24, 2.45) is 5.73 Å². The van der Waals surface area contributed by atoms with E-state index in [0.717, 1.165) is 40.8 Å². The van der Waals surface area contributed by atoms with Crippen LogP contribution in [0.4, 0.5) is 0 Å². The van der Waals surface area contributed by atoms with Crippen molar-refractivity contribution in [3.63, 3.8) is 0 Å². The van der Waals surface area contributed by atoms with Gasteiger partial charge in [0.05, 0.1) is 10.7 Å². The second-order valence-corrected chi connectivity index (χ2v) is 6.54. The van der Waals surface area contributed by atoms with Gasteiger partial charge in [-0.05, 0) is 38.1 Å². The number of nitrogens with two attached hydrogens (primary N) is 1. The van der Waals surface area contributed by atoms with Crippen LogP contribution in [0.1, 0.15) is 28.7 Å². The Morgan fingerprint density at radius 2 is 2.25 bits per heavy atom. The normalized spacial score (nSPS) is 12.8. The van der Waals surface area contributed by atoms with Crippen molar-refractivity contribution in [3.8, 4) is 0 Å². The summed E-state index contributed by atoms with van der Waals surface area (Å²) in [6.07, 6.45) is 0.903. The molecule has 20 heavy (non-hydrogen) atoms. The van der Waals surface area contributed by atoms with Gasteiger partial charge >= 0.3 is 0 Å². The van der Waals surface area contributed by atoms with Gasteiger partial charge in [0.15, 0.2) is 0 Å². The van der Waals surface area contributed by atoms with Crippen molar-refractivity contribution in [1.29, 1.82) is 0 Å². The van der Waals surface area contributed by atoms with E-state index in [0.29, 0.717) is 0 Å². The Balaban J connectivity index is 1.82. The quantitative estimate of drug-likeness (QED) is 0.886. The van der Waals surface area contributed by atoms with Crippen molar-refractivity contribution >= 4 is 22.9 Å². The highest BCUT2D eigenvalue weighted by Crippen LogP contribution is 2.19. The van der Waals surface area contributed by atoms with E-state index in [1.54, 1.807) is 11.3 Å². The van der Waals surface area contributed by atoms with Crippen LogP contribution in [0, 0.1) is 6.92 Å². The Morgan fingerprint density at radius 1 is 1.45 bits per heavy atom. The molecular weight excluding hydrogens is 290 g/mol. The van der Waals surface area contributed by atoms with Gasteiger partial charge in [0, 0.05) is 29.5 Å². The van der Waals surface area contributed by atoms with E-state index in [1.165, 1.54) is 0 Å². The number of halogens is 1. The van der Waals surface area contributed by atoms with Crippen LogP contribution >= 0.6 is 22.9 Å². The molecule has 5 heteroatoms. The molecule has 3 nitrogen and oxygen atoms in total. The molecule has 0 aliphatic heterocycles. The van der Waals surface area contributed by atoms with Crippen molar-refractivity contribution in [1.82, 2.24) is 9.88 Å². The molecular formula is C15H20ClN3S. The lowest BCUT2D eigenvalue weighted by Gasteiger charge is -2.18. The Bertz CT molecular complexity index is 556. The zero-order valence-corrected chi connectivity index (χ0v) is 13.4. The summed E-state index contributed by atoms with van der Waals surface area (Å²) in [5.41, 5.74) is 8.43. The van der Waals surface area contributed by atoms with Crippen molar-refractivity contribution in [3.05, 3.63) is 50.9 Å². The molecule has 2 N–H and O–H groups in total. The van der Waals surface area contributed by atoms with Crippen LogP contribution in [0.5, 0.6) is 0 Å². The molecule has 0 saturated carbocycles. The molecule has 2 rings (SSSR count). The predicted octanol–water partition coefficient (Wildman–Crippen LogP) is 3.63. The molecule has 1 heterocycles. The van der Waals surface area contributed by atoms with Crippen LogP contribution in [0.3, 0.4) is 0 Å². The van der Waals surface area contributed by atoms with Crippen molar-refractivity contribution in [2.75, 3.05) is 13.6 Å². The van der Waals surface area contributed by atoms with Crippen LogP contribution in [-0.2, 0) is 6.54 Å². The first-order valence-corrected chi connectivity index (χ1v) is 7.91. The number of rotatable bonds is 6. The summed E-state index contributed by atoms with van der Waals surface area (Å²) in [5.74, 6) is 0. The summed E-state index contributed by atoms with van der Waals surface area (Å²) in [6, 6.07) is 7.80. The third-order valence-corrected chi connectivity index (χ3v) is 4.25. The van der Waals surface area contributed by atoms with Gasteiger partial charge in [-0.1, -0.05) is 23.7 Å². The van der Waals surface area contributed by atoms with Gasteiger partial charge < -0.3 is 10.6 Å². The van der Waals surface area contributed by atoms with Gasteiger partial charge in [-0.15, -0.1) is 11.3 Å².